The maximum absolute atomic E-state index is 12.2. The minimum absolute atomic E-state index is 0.131. The first kappa shape index (κ1) is 18.7. The molecule has 3 aromatic rings. The summed E-state index contributed by atoms with van der Waals surface area (Å²) in [7, 11) is 4.03. The van der Waals surface area contributed by atoms with Crippen LogP contribution in [0.3, 0.4) is 0 Å². The van der Waals surface area contributed by atoms with E-state index in [0.29, 0.717) is 13.1 Å². The lowest BCUT2D eigenvalue weighted by Gasteiger charge is -2.25. The molecule has 27 heavy (non-hydrogen) atoms. The van der Waals surface area contributed by atoms with Gasteiger partial charge in [0.1, 0.15) is 0 Å². The Bertz CT molecular complexity index is 829. The quantitative estimate of drug-likeness (QED) is 0.678. The predicted molar refractivity (Wildman–Crippen MR) is 107 cm³/mol. The van der Waals surface area contributed by atoms with Crippen LogP contribution in [-0.2, 0) is 6.54 Å². The van der Waals surface area contributed by atoms with E-state index in [2.05, 4.69) is 32.7 Å². The van der Waals surface area contributed by atoms with Crippen LogP contribution in [-0.4, -0.2) is 41.1 Å². The molecule has 0 bridgehead atoms. The van der Waals surface area contributed by atoms with Gasteiger partial charge < -0.3 is 20.1 Å². The standard InChI is InChI=1S/C21H25N5O/c1-25(2)20(18-6-4-3-5-7-18)15-24-21(27)23-14-17-8-10-19(11-9-17)26-13-12-22-16-26/h3-13,16,20H,14-15H2,1-2H3,(H2,23,24,27). The number of nitrogens with one attached hydrogen (secondary N) is 2. The van der Waals surface area contributed by atoms with E-state index in [1.807, 2.05) is 67.3 Å². The molecule has 0 aliphatic rings. The predicted octanol–water partition coefficient (Wildman–Crippen LogP) is 2.97. The van der Waals surface area contributed by atoms with Crippen LogP contribution in [0.2, 0.25) is 0 Å². The number of likely N-dealkylation sites (N-methyl/N-ethyl adjacent to an activating group) is 1. The fraction of sp³-hybridized carbons (Fsp3) is 0.238. The maximum atomic E-state index is 12.2. The van der Waals surface area contributed by atoms with Gasteiger partial charge in [-0.3, -0.25) is 0 Å². The van der Waals surface area contributed by atoms with Gasteiger partial charge in [-0.2, -0.15) is 0 Å². The molecule has 0 spiro atoms. The third-order valence-electron chi connectivity index (χ3n) is 4.46. The highest BCUT2D eigenvalue weighted by molar-refractivity contribution is 5.73. The first-order valence-electron chi connectivity index (χ1n) is 8.94. The second-order valence-corrected chi connectivity index (χ2v) is 6.59. The number of carbonyl (C=O) groups is 1. The summed E-state index contributed by atoms with van der Waals surface area (Å²) in [6.07, 6.45) is 5.40. The minimum atomic E-state index is -0.170. The number of imidazole rings is 1. The number of aromatic nitrogens is 2. The van der Waals surface area contributed by atoms with Crippen molar-refractivity contribution < 1.29 is 4.79 Å². The van der Waals surface area contributed by atoms with Gasteiger partial charge >= 0.3 is 6.03 Å². The van der Waals surface area contributed by atoms with Crippen molar-refractivity contribution in [1.82, 2.24) is 25.1 Å². The molecule has 1 unspecified atom stereocenters. The van der Waals surface area contributed by atoms with Crippen LogP contribution < -0.4 is 10.6 Å². The van der Waals surface area contributed by atoms with Gasteiger partial charge in [0, 0.05) is 31.2 Å². The van der Waals surface area contributed by atoms with Gasteiger partial charge in [-0.1, -0.05) is 42.5 Å². The molecule has 0 radical (unpaired) electrons. The van der Waals surface area contributed by atoms with Gasteiger partial charge in [0.25, 0.3) is 0 Å². The second kappa shape index (κ2) is 9.00. The smallest absolute Gasteiger partial charge is 0.315 e. The molecule has 2 N–H and O–H groups in total. The summed E-state index contributed by atoms with van der Waals surface area (Å²) in [5.74, 6) is 0. The molecule has 6 nitrogen and oxygen atoms in total. The van der Waals surface area contributed by atoms with Gasteiger partial charge in [0.15, 0.2) is 0 Å². The average Bonchev–Trinajstić information content (AvgIpc) is 3.22. The Kier molecular flexibility index (Phi) is 6.22. The van der Waals surface area contributed by atoms with Crippen molar-refractivity contribution in [1.29, 1.82) is 0 Å². The van der Waals surface area contributed by atoms with E-state index in [4.69, 9.17) is 0 Å². The highest BCUT2D eigenvalue weighted by Crippen LogP contribution is 2.16. The molecule has 140 valence electrons. The Morgan fingerprint density at radius 1 is 1.07 bits per heavy atom. The molecule has 0 aliphatic heterocycles. The average molecular weight is 363 g/mol. The Morgan fingerprint density at radius 2 is 1.81 bits per heavy atom. The van der Waals surface area contributed by atoms with Crippen molar-refractivity contribution in [2.45, 2.75) is 12.6 Å². The van der Waals surface area contributed by atoms with E-state index in [1.165, 1.54) is 5.56 Å². The van der Waals surface area contributed by atoms with Crippen LogP contribution in [0.5, 0.6) is 0 Å². The molecular formula is C21H25N5O. The zero-order valence-corrected chi connectivity index (χ0v) is 15.7. The largest absolute Gasteiger partial charge is 0.336 e. The maximum Gasteiger partial charge on any atom is 0.315 e. The van der Waals surface area contributed by atoms with Crippen LogP contribution >= 0.6 is 0 Å². The van der Waals surface area contributed by atoms with Gasteiger partial charge in [-0.25, -0.2) is 9.78 Å². The summed E-state index contributed by atoms with van der Waals surface area (Å²) >= 11 is 0. The third-order valence-corrected chi connectivity index (χ3v) is 4.46. The van der Waals surface area contributed by atoms with E-state index >= 15 is 0 Å². The van der Waals surface area contributed by atoms with Crippen molar-refractivity contribution in [3.05, 3.63) is 84.4 Å². The molecule has 6 heteroatoms. The van der Waals surface area contributed by atoms with Gasteiger partial charge in [-0.15, -0.1) is 0 Å². The second-order valence-electron chi connectivity index (χ2n) is 6.59. The van der Waals surface area contributed by atoms with E-state index in [9.17, 15) is 4.79 Å². The summed E-state index contributed by atoms with van der Waals surface area (Å²) in [5.41, 5.74) is 3.26. The minimum Gasteiger partial charge on any atom is -0.336 e. The Hall–Kier alpha value is -3.12. The molecule has 1 aromatic heterocycles. The first-order chi connectivity index (χ1) is 13.1. The molecule has 0 fully saturated rings. The molecule has 0 aliphatic carbocycles. The number of nitrogens with zero attached hydrogens (tertiary/aromatic N) is 3. The summed E-state index contributed by atoms with van der Waals surface area (Å²) < 4.78 is 1.94. The van der Waals surface area contributed by atoms with Crippen molar-refractivity contribution in [2.24, 2.45) is 0 Å². The van der Waals surface area contributed by atoms with Crippen molar-refractivity contribution >= 4 is 6.03 Å². The molecule has 0 saturated carbocycles. The summed E-state index contributed by atoms with van der Waals surface area (Å²) in [6.45, 7) is 1.02. The molecule has 2 aromatic carbocycles. The number of benzene rings is 2. The molecular weight excluding hydrogens is 338 g/mol. The van der Waals surface area contributed by atoms with E-state index in [1.54, 1.807) is 12.5 Å². The Labute approximate surface area is 159 Å². The molecule has 1 atom stereocenters. The fourth-order valence-corrected chi connectivity index (χ4v) is 2.91. The normalized spacial score (nSPS) is 12.0. The lowest BCUT2D eigenvalue weighted by molar-refractivity contribution is 0.232. The van der Waals surface area contributed by atoms with Crippen LogP contribution in [0.15, 0.2) is 73.3 Å². The number of amides is 2. The first-order valence-corrected chi connectivity index (χ1v) is 8.94. The Morgan fingerprint density at radius 3 is 2.44 bits per heavy atom. The zero-order chi connectivity index (χ0) is 19.1. The van der Waals surface area contributed by atoms with Crippen LogP contribution in [0, 0.1) is 0 Å². The highest BCUT2D eigenvalue weighted by atomic mass is 16.2. The van der Waals surface area contributed by atoms with Crippen molar-refractivity contribution in [3.63, 3.8) is 0 Å². The molecule has 2 amide bonds. The van der Waals surface area contributed by atoms with Gasteiger partial charge in [-0.05, 0) is 37.4 Å². The number of urea groups is 1. The molecule has 0 saturated heterocycles. The number of hydrogen-bond acceptors (Lipinski definition) is 3. The SMILES string of the molecule is CN(C)C(CNC(=O)NCc1ccc(-n2ccnc2)cc1)c1ccccc1. The molecule has 3 rings (SSSR count). The Balaban J connectivity index is 1.49. The monoisotopic (exact) mass is 363 g/mol. The lowest BCUT2D eigenvalue weighted by atomic mass is 10.1. The molecule has 1 heterocycles. The summed E-state index contributed by atoms with van der Waals surface area (Å²) in [5, 5.41) is 5.87. The lowest BCUT2D eigenvalue weighted by Crippen LogP contribution is -2.40. The third kappa shape index (κ3) is 5.18. The van der Waals surface area contributed by atoms with E-state index in [0.717, 1.165) is 11.3 Å². The van der Waals surface area contributed by atoms with Gasteiger partial charge in [0.05, 0.1) is 12.4 Å². The van der Waals surface area contributed by atoms with Crippen LogP contribution in [0.1, 0.15) is 17.2 Å². The number of carbonyl (C=O) groups excluding carboxylic acids is 1. The number of hydrogen-bond donors (Lipinski definition) is 2. The number of rotatable bonds is 7. The van der Waals surface area contributed by atoms with E-state index in [-0.39, 0.29) is 12.1 Å². The summed E-state index contributed by atoms with van der Waals surface area (Å²) in [6, 6.07) is 18.2. The van der Waals surface area contributed by atoms with Gasteiger partial charge in [0.2, 0.25) is 0 Å². The fourth-order valence-electron chi connectivity index (χ4n) is 2.91. The van der Waals surface area contributed by atoms with Crippen LogP contribution in [0.25, 0.3) is 5.69 Å². The van der Waals surface area contributed by atoms with E-state index < -0.39 is 0 Å². The topological polar surface area (TPSA) is 62.2 Å². The zero-order valence-electron chi connectivity index (χ0n) is 15.7. The summed E-state index contributed by atoms with van der Waals surface area (Å²) in [4.78, 5) is 18.3. The van der Waals surface area contributed by atoms with Crippen molar-refractivity contribution in [2.75, 3.05) is 20.6 Å². The highest BCUT2D eigenvalue weighted by Gasteiger charge is 2.14. The van der Waals surface area contributed by atoms with Crippen LogP contribution in [0.4, 0.5) is 4.79 Å². The van der Waals surface area contributed by atoms with Crippen molar-refractivity contribution in [3.8, 4) is 5.69 Å².